The molecular formula is C8H11N3O4. The summed E-state index contributed by atoms with van der Waals surface area (Å²) in [6, 6.07) is 3.54. The van der Waals surface area contributed by atoms with Crippen LogP contribution in [-0.4, -0.2) is 17.0 Å². The molecule has 0 fully saturated rings. The molecule has 1 rings (SSSR count). The van der Waals surface area contributed by atoms with Crippen LogP contribution in [0.25, 0.3) is 0 Å². The molecule has 0 atom stereocenters. The van der Waals surface area contributed by atoms with Crippen LogP contribution in [0, 0.1) is 0 Å². The predicted octanol–water partition coefficient (Wildman–Crippen LogP) is -2.12. The average Bonchev–Trinajstić information content (AvgIpc) is 2.08. The first-order valence-electron chi connectivity index (χ1n) is 3.86. The standard InChI is InChI=1S/C5H7N3.C3H4O4/c6-4-2-1-3-8-5(4)7;4-2(5)1-3(6)7/h1-3H,6H2,(H2,7,8);1H2,(H,4,5)(H,6,7). The number of carboxylic acids is 2. The van der Waals surface area contributed by atoms with E-state index in [1.807, 2.05) is 0 Å². The quantitative estimate of drug-likeness (QED) is 0.479. The van der Waals surface area contributed by atoms with Crippen molar-refractivity contribution in [3.63, 3.8) is 0 Å². The Morgan fingerprint density at radius 3 is 2.27 bits per heavy atom. The zero-order chi connectivity index (χ0) is 11.8. The second-order valence-electron chi connectivity index (χ2n) is 2.48. The van der Waals surface area contributed by atoms with E-state index in [1.54, 1.807) is 18.3 Å². The largest absolute Gasteiger partial charge is 0.550 e. The van der Waals surface area contributed by atoms with Crippen LogP contribution in [0.4, 0.5) is 11.5 Å². The van der Waals surface area contributed by atoms with Gasteiger partial charge in [0.05, 0.1) is 18.6 Å². The molecule has 0 aromatic carbocycles. The van der Waals surface area contributed by atoms with Gasteiger partial charge in [-0.3, -0.25) is 10.5 Å². The van der Waals surface area contributed by atoms with E-state index in [1.165, 1.54) is 0 Å². The summed E-state index contributed by atoms with van der Waals surface area (Å²) in [5.41, 5.74) is 11.3. The molecule has 7 heteroatoms. The molecule has 1 heterocycles. The van der Waals surface area contributed by atoms with Crippen molar-refractivity contribution in [2.45, 2.75) is 6.42 Å². The van der Waals surface area contributed by atoms with Gasteiger partial charge in [0.1, 0.15) is 5.69 Å². The Morgan fingerprint density at radius 2 is 2.07 bits per heavy atom. The fourth-order valence-electron chi connectivity index (χ4n) is 0.586. The molecule has 0 aliphatic heterocycles. The highest BCUT2D eigenvalue weighted by Crippen LogP contribution is 2.02. The first kappa shape index (κ1) is 12.7. The Bertz CT molecular complexity index is 320. The second-order valence-corrected chi connectivity index (χ2v) is 2.48. The van der Waals surface area contributed by atoms with Crippen LogP contribution >= 0.6 is 0 Å². The number of H-pyrrole nitrogens is 1. The number of carbonyl (C=O) groups is 2. The van der Waals surface area contributed by atoms with Crippen LogP contribution in [0.15, 0.2) is 18.3 Å². The summed E-state index contributed by atoms with van der Waals surface area (Å²) >= 11 is 0. The molecule has 0 aliphatic carbocycles. The lowest BCUT2D eigenvalue weighted by Gasteiger charge is -1.91. The van der Waals surface area contributed by atoms with Gasteiger partial charge in [-0.15, -0.1) is 0 Å². The monoisotopic (exact) mass is 213 g/mol. The number of carboxylic acid groups (broad SMARTS) is 2. The third-order valence-electron chi connectivity index (χ3n) is 1.22. The van der Waals surface area contributed by atoms with Gasteiger partial charge in [-0.2, -0.15) is 0 Å². The van der Waals surface area contributed by atoms with E-state index in [4.69, 9.17) is 16.6 Å². The van der Waals surface area contributed by atoms with E-state index < -0.39 is 18.4 Å². The Hall–Kier alpha value is -2.31. The minimum atomic E-state index is -1.56. The summed E-state index contributed by atoms with van der Waals surface area (Å²) < 4.78 is 0. The maximum atomic E-state index is 9.39. The van der Waals surface area contributed by atoms with Gasteiger partial charge in [-0.05, 0) is 12.1 Å². The molecule has 0 spiro atoms. The fourth-order valence-corrected chi connectivity index (χ4v) is 0.586. The lowest BCUT2D eigenvalue weighted by molar-refractivity contribution is -0.359. The number of nitrogen functional groups attached to an aromatic ring is 2. The van der Waals surface area contributed by atoms with Crippen molar-refractivity contribution >= 4 is 23.4 Å². The number of hydrogen-bond acceptors (Lipinski definition) is 5. The van der Waals surface area contributed by atoms with Gasteiger partial charge in [-0.25, -0.2) is 4.98 Å². The topological polar surface area (TPSA) is 144 Å². The number of nitrogens with one attached hydrogen (secondary N) is 1. The Kier molecular flexibility index (Phi) is 5.24. The molecule has 0 aliphatic rings. The molecule has 0 amide bonds. The van der Waals surface area contributed by atoms with E-state index >= 15 is 0 Å². The summed E-state index contributed by atoms with van der Waals surface area (Å²) in [7, 11) is 0. The van der Waals surface area contributed by atoms with Gasteiger partial charge in [0.2, 0.25) is 0 Å². The smallest absolute Gasteiger partial charge is 0.309 e. The fraction of sp³-hybridized carbons (Fsp3) is 0.125. The van der Waals surface area contributed by atoms with Crippen LogP contribution in [0.3, 0.4) is 0 Å². The number of hydrogen-bond donors (Lipinski definition) is 3. The number of nitrogens with two attached hydrogens (primary N) is 2. The zero-order valence-corrected chi connectivity index (χ0v) is 7.77. The van der Waals surface area contributed by atoms with Crippen molar-refractivity contribution in [2.24, 2.45) is 0 Å². The lowest BCUT2D eigenvalue weighted by atomic mass is 10.4. The molecule has 0 radical (unpaired) electrons. The van der Waals surface area contributed by atoms with Gasteiger partial charge in [0, 0.05) is 0 Å². The van der Waals surface area contributed by atoms with Crippen LogP contribution in [0.5, 0.6) is 0 Å². The van der Waals surface area contributed by atoms with E-state index in [0.717, 1.165) is 0 Å². The Labute approximate surface area is 85.3 Å². The van der Waals surface area contributed by atoms with Gasteiger partial charge in [0.15, 0.2) is 0 Å². The summed E-state index contributed by atoms with van der Waals surface area (Å²) in [5.74, 6) is -2.42. The molecule has 1 aromatic heterocycles. The second kappa shape index (κ2) is 6.19. The molecule has 15 heavy (non-hydrogen) atoms. The van der Waals surface area contributed by atoms with Crippen LogP contribution in [0.2, 0.25) is 0 Å². The van der Waals surface area contributed by atoms with Crippen LogP contribution in [-0.2, 0) is 9.59 Å². The summed E-state index contributed by atoms with van der Waals surface area (Å²) in [5, 5.41) is 17.0. The highest BCUT2D eigenvalue weighted by molar-refractivity contribution is 5.87. The van der Waals surface area contributed by atoms with E-state index in [-0.39, 0.29) is 0 Å². The maximum absolute atomic E-state index is 9.39. The molecule has 0 bridgehead atoms. The third kappa shape index (κ3) is 6.82. The maximum Gasteiger partial charge on any atom is 0.309 e. The highest BCUT2D eigenvalue weighted by atomic mass is 16.4. The minimum absolute atomic E-state index is 0.521. The average molecular weight is 213 g/mol. The molecule has 0 saturated carbocycles. The van der Waals surface area contributed by atoms with Gasteiger partial charge >= 0.3 is 5.97 Å². The van der Waals surface area contributed by atoms with Gasteiger partial charge in [0.25, 0.3) is 5.82 Å². The number of aliphatic carboxylic acids is 2. The molecule has 0 saturated heterocycles. The van der Waals surface area contributed by atoms with Crippen molar-refractivity contribution in [2.75, 3.05) is 11.5 Å². The Morgan fingerprint density at radius 1 is 1.47 bits per heavy atom. The third-order valence-corrected chi connectivity index (χ3v) is 1.22. The van der Waals surface area contributed by atoms with E-state index in [9.17, 15) is 14.7 Å². The molecule has 7 nitrogen and oxygen atoms in total. The van der Waals surface area contributed by atoms with E-state index in [2.05, 4.69) is 4.98 Å². The SMILES string of the molecule is Nc1ccc[nH+]c1N.O=C([O-])CC(=O)O. The number of aromatic amines is 1. The normalized spacial score (nSPS) is 8.53. The number of aromatic nitrogens is 1. The highest BCUT2D eigenvalue weighted by Gasteiger charge is 1.94. The van der Waals surface area contributed by atoms with Gasteiger partial charge < -0.3 is 20.7 Å². The van der Waals surface area contributed by atoms with Crippen LogP contribution < -0.4 is 21.6 Å². The number of carbonyl (C=O) groups excluding carboxylic acids is 1. The van der Waals surface area contributed by atoms with Crippen molar-refractivity contribution in [1.29, 1.82) is 0 Å². The van der Waals surface area contributed by atoms with Gasteiger partial charge in [-0.1, -0.05) is 0 Å². The van der Waals surface area contributed by atoms with E-state index in [0.29, 0.717) is 11.5 Å². The first-order valence-corrected chi connectivity index (χ1v) is 3.86. The summed E-state index contributed by atoms with van der Waals surface area (Å²) in [6.07, 6.45) is 0.811. The lowest BCUT2D eigenvalue weighted by Crippen LogP contribution is -2.24. The van der Waals surface area contributed by atoms with Crippen molar-refractivity contribution in [1.82, 2.24) is 0 Å². The predicted molar refractivity (Wildman–Crippen MR) is 49.1 cm³/mol. The van der Waals surface area contributed by atoms with Crippen molar-refractivity contribution in [3.8, 4) is 0 Å². The summed E-state index contributed by atoms with van der Waals surface area (Å²) in [4.78, 5) is 21.5. The first-order chi connectivity index (χ1) is 6.93. The molecule has 82 valence electrons. The number of anilines is 2. The minimum Gasteiger partial charge on any atom is -0.550 e. The van der Waals surface area contributed by atoms with Crippen molar-refractivity contribution in [3.05, 3.63) is 18.3 Å². The summed E-state index contributed by atoms with van der Waals surface area (Å²) in [6.45, 7) is 0. The van der Waals surface area contributed by atoms with Crippen LogP contribution in [0.1, 0.15) is 6.42 Å². The zero-order valence-electron chi connectivity index (χ0n) is 7.77. The molecular weight excluding hydrogens is 202 g/mol. The molecule has 1 aromatic rings. The van der Waals surface area contributed by atoms with Crippen molar-refractivity contribution < 1.29 is 24.8 Å². The number of rotatable bonds is 2. The molecule has 0 unspecified atom stereocenters. The molecule has 6 N–H and O–H groups in total. The Balaban J connectivity index is 0.000000265. The number of pyridine rings is 1.